The molecule has 9 nitrogen and oxygen atoms in total. The molecule has 4 heterocycles. The minimum Gasteiger partial charge on any atom is -0.477 e. The number of halogens is 4. The Balaban J connectivity index is 1.32. The fourth-order valence-corrected chi connectivity index (χ4v) is 4.04. The van der Waals surface area contributed by atoms with Crippen LogP contribution < -0.4 is 5.32 Å². The third-order valence-electron chi connectivity index (χ3n) is 5.49. The van der Waals surface area contributed by atoms with Crippen LogP contribution in [0.1, 0.15) is 49.2 Å². The number of fused-ring (bicyclic) bond motifs is 1. The highest BCUT2D eigenvalue weighted by Crippen LogP contribution is 2.31. The van der Waals surface area contributed by atoms with Gasteiger partial charge >= 0.3 is 12.1 Å². The average molecular weight is 497 g/mol. The lowest BCUT2D eigenvalue weighted by atomic mass is 10.0. The molecule has 3 aromatic heterocycles. The summed E-state index contributed by atoms with van der Waals surface area (Å²) >= 11 is 5.91. The summed E-state index contributed by atoms with van der Waals surface area (Å²) in [6.07, 6.45) is -3.07. The first-order valence-electron chi connectivity index (χ1n) is 10.3. The van der Waals surface area contributed by atoms with Crippen LogP contribution in [0.4, 0.5) is 13.2 Å². The molecule has 1 amide bonds. The second-order valence-corrected chi connectivity index (χ2v) is 8.26. The number of pyridine rings is 1. The largest absolute Gasteiger partial charge is 0.477 e. The molecule has 13 heteroatoms. The van der Waals surface area contributed by atoms with Crippen molar-refractivity contribution in [2.75, 3.05) is 13.1 Å². The number of rotatable bonds is 7. The van der Waals surface area contributed by atoms with Crippen molar-refractivity contribution in [2.24, 2.45) is 0 Å². The number of hydrogen-bond acceptors (Lipinski definition) is 5. The fraction of sp³-hybridized carbons (Fsp3) is 0.333. The highest BCUT2D eigenvalue weighted by atomic mass is 35.5. The van der Waals surface area contributed by atoms with Gasteiger partial charge in [-0.1, -0.05) is 11.6 Å². The van der Waals surface area contributed by atoms with Crippen LogP contribution in [-0.4, -0.2) is 55.1 Å². The SMILES string of the molecule is O=C(O)c1ccc(CN2CCc3c(C(=O)NCCc4ncc(C(F)(F)F)cc4Cl)n[nH]c3C2)[nH]1. The van der Waals surface area contributed by atoms with E-state index in [1.165, 1.54) is 6.07 Å². The van der Waals surface area contributed by atoms with Gasteiger partial charge in [0.05, 0.1) is 22.0 Å². The molecule has 4 rings (SSSR count). The summed E-state index contributed by atoms with van der Waals surface area (Å²) in [6.45, 7) is 1.82. The molecule has 0 saturated carbocycles. The second kappa shape index (κ2) is 9.47. The summed E-state index contributed by atoms with van der Waals surface area (Å²) in [7, 11) is 0. The predicted molar refractivity (Wildman–Crippen MR) is 114 cm³/mol. The number of carboxylic acids is 1. The normalized spacial score (nSPS) is 14.1. The first kappa shape index (κ1) is 23.8. The van der Waals surface area contributed by atoms with Crippen molar-refractivity contribution in [3.63, 3.8) is 0 Å². The van der Waals surface area contributed by atoms with Crippen molar-refractivity contribution in [1.82, 2.24) is 30.4 Å². The standard InChI is InChI=1S/C21H20ClF3N6O3/c22-14-7-11(21(23,24)25)8-27-15(14)3-5-26-19(32)18-13-4-6-31(10-17(13)29-30-18)9-12-1-2-16(28-12)20(33)34/h1-2,7-8,28H,3-6,9-10H2,(H,26,32)(H,29,30)(H,33,34). The molecular weight excluding hydrogens is 477 g/mol. The molecule has 180 valence electrons. The molecule has 0 aromatic carbocycles. The first-order chi connectivity index (χ1) is 16.1. The van der Waals surface area contributed by atoms with Crippen LogP contribution in [-0.2, 0) is 32.1 Å². The van der Waals surface area contributed by atoms with Crippen molar-refractivity contribution in [3.05, 3.63) is 69.0 Å². The number of aromatic nitrogens is 4. The van der Waals surface area contributed by atoms with Crippen LogP contribution in [0.2, 0.25) is 5.02 Å². The molecule has 0 aliphatic carbocycles. The van der Waals surface area contributed by atoms with Crippen molar-refractivity contribution >= 4 is 23.5 Å². The zero-order valence-corrected chi connectivity index (χ0v) is 18.4. The molecule has 0 saturated heterocycles. The summed E-state index contributed by atoms with van der Waals surface area (Å²) in [4.78, 5) is 32.3. The maximum absolute atomic E-state index is 12.7. The van der Waals surface area contributed by atoms with Crippen LogP contribution >= 0.6 is 11.6 Å². The van der Waals surface area contributed by atoms with E-state index in [1.54, 1.807) is 6.07 Å². The third-order valence-corrected chi connectivity index (χ3v) is 5.82. The van der Waals surface area contributed by atoms with E-state index < -0.39 is 23.6 Å². The second-order valence-electron chi connectivity index (χ2n) is 7.85. The molecule has 0 radical (unpaired) electrons. The number of nitrogens with one attached hydrogen (secondary N) is 3. The monoisotopic (exact) mass is 496 g/mol. The quantitative estimate of drug-likeness (QED) is 0.398. The van der Waals surface area contributed by atoms with Gasteiger partial charge in [0.1, 0.15) is 5.69 Å². The molecule has 34 heavy (non-hydrogen) atoms. The van der Waals surface area contributed by atoms with Gasteiger partial charge in [-0.25, -0.2) is 4.79 Å². The molecule has 0 spiro atoms. The van der Waals surface area contributed by atoms with Crippen LogP contribution in [0.15, 0.2) is 24.4 Å². The number of carbonyl (C=O) groups excluding carboxylic acids is 1. The van der Waals surface area contributed by atoms with E-state index in [-0.39, 0.29) is 35.1 Å². The molecule has 4 N–H and O–H groups in total. The van der Waals surface area contributed by atoms with Crippen LogP contribution in [0.3, 0.4) is 0 Å². The Morgan fingerprint density at radius 2 is 2.09 bits per heavy atom. The molecule has 0 bridgehead atoms. The van der Waals surface area contributed by atoms with Gasteiger partial charge in [0.2, 0.25) is 0 Å². The number of aromatic carboxylic acids is 1. The van der Waals surface area contributed by atoms with Crippen LogP contribution in [0.5, 0.6) is 0 Å². The Labute approximate surface area is 196 Å². The molecule has 1 aliphatic rings. The van der Waals surface area contributed by atoms with E-state index in [4.69, 9.17) is 16.7 Å². The van der Waals surface area contributed by atoms with Gasteiger partial charge in [-0.05, 0) is 24.6 Å². The minimum absolute atomic E-state index is 0.112. The fourth-order valence-electron chi connectivity index (χ4n) is 3.78. The highest BCUT2D eigenvalue weighted by molar-refractivity contribution is 6.31. The Bertz CT molecular complexity index is 1220. The van der Waals surface area contributed by atoms with E-state index in [0.717, 1.165) is 23.0 Å². The van der Waals surface area contributed by atoms with E-state index >= 15 is 0 Å². The summed E-state index contributed by atoms with van der Waals surface area (Å²) in [5.41, 5.74) is 2.10. The number of amides is 1. The van der Waals surface area contributed by atoms with E-state index in [9.17, 15) is 22.8 Å². The number of nitrogens with zero attached hydrogens (tertiary/aromatic N) is 3. The van der Waals surface area contributed by atoms with Crippen molar-refractivity contribution in [2.45, 2.75) is 32.1 Å². The maximum Gasteiger partial charge on any atom is 0.417 e. The van der Waals surface area contributed by atoms with Gasteiger partial charge in [0.15, 0.2) is 5.69 Å². The summed E-state index contributed by atoms with van der Waals surface area (Å²) in [5.74, 6) is -1.42. The summed E-state index contributed by atoms with van der Waals surface area (Å²) in [5, 5.41) is 18.6. The predicted octanol–water partition coefficient (Wildman–Crippen LogP) is 3.03. The van der Waals surface area contributed by atoms with E-state index in [2.05, 4.69) is 30.4 Å². The van der Waals surface area contributed by atoms with Crippen molar-refractivity contribution < 1.29 is 27.9 Å². The lowest BCUT2D eigenvalue weighted by molar-refractivity contribution is -0.137. The first-order valence-corrected chi connectivity index (χ1v) is 10.7. The zero-order valence-electron chi connectivity index (χ0n) is 17.7. The Morgan fingerprint density at radius 1 is 1.29 bits per heavy atom. The third kappa shape index (κ3) is 5.23. The number of alkyl halides is 3. The lowest BCUT2D eigenvalue weighted by Crippen LogP contribution is -2.32. The van der Waals surface area contributed by atoms with Gasteiger partial charge < -0.3 is 15.4 Å². The van der Waals surface area contributed by atoms with Gasteiger partial charge in [-0.3, -0.25) is 19.8 Å². The number of H-pyrrole nitrogens is 2. The Kier molecular flexibility index (Phi) is 6.62. The topological polar surface area (TPSA) is 127 Å². The van der Waals surface area contributed by atoms with E-state index in [0.29, 0.717) is 32.3 Å². The molecule has 1 aliphatic heterocycles. The Hall–Kier alpha value is -3.38. The number of hydrogen-bond donors (Lipinski definition) is 4. The van der Waals surface area contributed by atoms with Crippen molar-refractivity contribution in [1.29, 1.82) is 0 Å². The number of carboxylic acid groups (broad SMARTS) is 1. The molecule has 3 aromatic rings. The number of carbonyl (C=O) groups is 2. The summed E-state index contributed by atoms with van der Waals surface area (Å²) in [6, 6.07) is 4.05. The molecule has 0 atom stereocenters. The lowest BCUT2D eigenvalue weighted by Gasteiger charge is -2.26. The molecule has 0 unspecified atom stereocenters. The Morgan fingerprint density at radius 3 is 2.76 bits per heavy atom. The average Bonchev–Trinajstić information content (AvgIpc) is 3.41. The minimum atomic E-state index is -4.53. The van der Waals surface area contributed by atoms with Gasteiger partial charge in [0, 0.05) is 50.1 Å². The van der Waals surface area contributed by atoms with Gasteiger partial charge in [-0.2, -0.15) is 18.3 Å². The van der Waals surface area contributed by atoms with Crippen molar-refractivity contribution in [3.8, 4) is 0 Å². The maximum atomic E-state index is 12.7. The highest BCUT2D eigenvalue weighted by Gasteiger charge is 2.31. The smallest absolute Gasteiger partial charge is 0.417 e. The van der Waals surface area contributed by atoms with Gasteiger partial charge in [0.25, 0.3) is 5.91 Å². The van der Waals surface area contributed by atoms with Crippen LogP contribution in [0, 0.1) is 0 Å². The van der Waals surface area contributed by atoms with Gasteiger partial charge in [-0.15, -0.1) is 0 Å². The molecular formula is C21H20ClF3N6O3. The summed E-state index contributed by atoms with van der Waals surface area (Å²) < 4.78 is 38.2. The van der Waals surface area contributed by atoms with E-state index in [1.807, 2.05) is 0 Å². The number of aromatic amines is 2. The zero-order chi connectivity index (χ0) is 24.5. The van der Waals surface area contributed by atoms with Crippen LogP contribution in [0.25, 0.3) is 0 Å². The molecule has 0 fully saturated rings.